The van der Waals surface area contributed by atoms with Crippen molar-refractivity contribution in [3.05, 3.63) is 76.4 Å². The molecule has 190 valence electrons. The first-order chi connectivity index (χ1) is 17.2. The van der Waals surface area contributed by atoms with Crippen LogP contribution in [0.5, 0.6) is 0 Å². The summed E-state index contributed by atoms with van der Waals surface area (Å²) in [5, 5.41) is 29.1. The second kappa shape index (κ2) is 12.9. The normalized spacial score (nSPS) is 11.4. The van der Waals surface area contributed by atoms with E-state index in [0.717, 1.165) is 69.7 Å². The van der Waals surface area contributed by atoms with Gasteiger partial charge in [-0.05, 0) is 65.2 Å². The fourth-order valence-corrected chi connectivity index (χ4v) is 4.49. The first-order valence-corrected chi connectivity index (χ1v) is 12.7. The lowest BCUT2D eigenvalue weighted by atomic mass is 10.1. The number of nitrogens with one attached hydrogen (secondary N) is 2. The molecule has 3 heterocycles. The van der Waals surface area contributed by atoms with Crippen molar-refractivity contribution < 1.29 is 4.79 Å². The molecule has 0 unspecified atom stereocenters. The first kappa shape index (κ1) is 26.9. The summed E-state index contributed by atoms with van der Waals surface area (Å²) in [6.07, 6.45) is 5.78. The number of anilines is 2. The van der Waals surface area contributed by atoms with E-state index in [2.05, 4.69) is 49.3 Å². The molecule has 10 heteroatoms. The van der Waals surface area contributed by atoms with Crippen molar-refractivity contribution in [2.75, 3.05) is 10.6 Å². The highest BCUT2D eigenvalue weighted by molar-refractivity contribution is 7.15. The van der Waals surface area contributed by atoms with Crippen LogP contribution >= 0.6 is 11.3 Å². The predicted octanol–water partition coefficient (Wildman–Crippen LogP) is 5.18. The van der Waals surface area contributed by atoms with Gasteiger partial charge < -0.3 is 10.6 Å². The maximum atomic E-state index is 12.1. The molecule has 3 aromatic rings. The summed E-state index contributed by atoms with van der Waals surface area (Å²) in [4.78, 5) is 12.1. The molecule has 0 radical (unpaired) electrons. The molecule has 0 saturated heterocycles. The van der Waals surface area contributed by atoms with Gasteiger partial charge in [-0.25, -0.2) is 0 Å². The fraction of sp³-hybridized carbons (Fsp3) is 0.385. The summed E-state index contributed by atoms with van der Waals surface area (Å²) in [5.74, 6) is 0.341. The van der Waals surface area contributed by atoms with Crippen LogP contribution in [0, 0.1) is 13.8 Å². The molecule has 0 aliphatic heterocycles. The molecule has 2 N–H and O–H groups in total. The molecule has 0 saturated carbocycles. The van der Waals surface area contributed by atoms with Gasteiger partial charge in [-0.2, -0.15) is 10.2 Å². The number of carbonyl (C=O) groups excluding carboxylic acids is 1. The van der Waals surface area contributed by atoms with Gasteiger partial charge in [-0.3, -0.25) is 9.48 Å². The van der Waals surface area contributed by atoms with E-state index in [1.54, 1.807) is 17.4 Å². The van der Waals surface area contributed by atoms with Crippen LogP contribution in [-0.2, 0) is 24.2 Å². The average Bonchev–Trinajstić information content (AvgIpc) is 3.36. The maximum Gasteiger partial charge on any atom is 0.229 e. The lowest BCUT2D eigenvalue weighted by Gasteiger charge is -2.08. The molecule has 3 rings (SSSR count). The Labute approximate surface area is 216 Å². The summed E-state index contributed by atoms with van der Waals surface area (Å²) in [6, 6.07) is 5.74. The largest absolute Gasteiger partial charge is 0.333 e. The van der Waals surface area contributed by atoms with E-state index in [4.69, 9.17) is 0 Å². The minimum Gasteiger partial charge on any atom is -0.333 e. The summed E-state index contributed by atoms with van der Waals surface area (Å²) in [7, 11) is 0. The monoisotopic (exact) mass is 506 g/mol. The van der Waals surface area contributed by atoms with Crippen LogP contribution in [0.2, 0.25) is 0 Å². The van der Waals surface area contributed by atoms with E-state index in [1.165, 1.54) is 0 Å². The highest BCUT2D eigenvalue weighted by atomic mass is 32.1. The highest BCUT2D eigenvalue weighted by Gasteiger charge is 2.09. The van der Waals surface area contributed by atoms with Crippen LogP contribution in [-0.4, -0.2) is 36.1 Å². The van der Waals surface area contributed by atoms with Gasteiger partial charge in [0.1, 0.15) is 5.01 Å². The van der Waals surface area contributed by atoms with Crippen molar-refractivity contribution in [2.24, 2.45) is 0 Å². The Morgan fingerprint density at radius 3 is 2.50 bits per heavy atom. The molecule has 0 bridgehead atoms. The molecule has 0 fully saturated rings. The second-order valence-corrected chi connectivity index (χ2v) is 10.1. The van der Waals surface area contributed by atoms with Gasteiger partial charge in [0.25, 0.3) is 0 Å². The van der Waals surface area contributed by atoms with E-state index in [0.29, 0.717) is 18.8 Å². The Morgan fingerprint density at radius 1 is 1.06 bits per heavy atom. The third-order valence-electron chi connectivity index (χ3n) is 5.19. The quantitative estimate of drug-likeness (QED) is 0.243. The van der Waals surface area contributed by atoms with E-state index in [-0.39, 0.29) is 5.91 Å². The van der Waals surface area contributed by atoms with Gasteiger partial charge in [0, 0.05) is 24.2 Å². The number of amides is 1. The third-order valence-corrected chi connectivity index (χ3v) is 6.09. The number of aromatic nitrogens is 6. The Bertz CT molecular complexity index is 1240. The Morgan fingerprint density at radius 2 is 1.83 bits per heavy atom. The molecule has 0 aliphatic rings. The number of nitrogens with zero attached hydrogens (tertiary/aromatic N) is 6. The highest BCUT2D eigenvalue weighted by Crippen LogP contribution is 2.19. The zero-order valence-electron chi connectivity index (χ0n) is 21.5. The van der Waals surface area contributed by atoms with Crippen molar-refractivity contribution in [3.8, 4) is 0 Å². The van der Waals surface area contributed by atoms with Crippen molar-refractivity contribution in [1.29, 1.82) is 0 Å². The number of carbonyl (C=O) groups is 1. The SMILES string of the molecule is C=C(C)/C=C(\C)CC(=O)Nc1ccc(CCCCc2nnc(NC(=C)Cn3nc(C)cc3C)s2)nn1. The van der Waals surface area contributed by atoms with E-state index in [9.17, 15) is 4.79 Å². The second-order valence-electron chi connectivity index (χ2n) is 8.99. The summed E-state index contributed by atoms with van der Waals surface area (Å²) in [5.41, 5.74) is 5.67. The van der Waals surface area contributed by atoms with Crippen LogP contribution in [0.15, 0.2) is 54.3 Å². The van der Waals surface area contributed by atoms with Gasteiger partial charge in [-0.15, -0.1) is 15.3 Å². The zero-order chi connectivity index (χ0) is 26.1. The molecule has 1 amide bonds. The van der Waals surface area contributed by atoms with E-state index >= 15 is 0 Å². The van der Waals surface area contributed by atoms with Crippen molar-refractivity contribution in [1.82, 2.24) is 30.2 Å². The number of hydrogen-bond donors (Lipinski definition) is 2. The van der Waals surface area contributed by atoms with E-state index in [1.807, 2.05) is 50.6 Å². The van der Waals surface area contributed by atoms with E-state index < -0.39 is 0 Å². The number of unbranched alkanes of at least 4 members (excludes halogenated alkanes) is 1. The topological polar surface area (TPSA) is 111 Å². The maximum absolute atomic E-state index is 12.1. The first-order valence-electron chi connectivity index (χ1n) is 11.9. The number of hydrogen-bond acceptors (Lipinski definition) is 8. The average molecular weight is 507 g/mol. The van der Waals surface area contributed by atoms with Gasteiger partial charge in [0.05, 0.1) is 17.9 Å². The number of allylic oxidation sites excluding steroid dienone is 3. The van der Waals surface area contributed by atoms with Crippen LogP contribution in [0.25, 0.3) is 0 Å². The smallest absolute Gasteiger partial charge is 0.229 e. The standard InChI is InChI=1S/C26H34N8OS/c1-17(2)13-18(3)14-24(35)28-23-12-11-22(29-30-23)9-7-8-10-25-31-32-26(36-25)27-20(5)16-34-21(6)15-19(4)33-34/h11-13,15H,1,5,7-10,14,16H2,2-4,6H3,(H,27,32)(H,28,30,35)/b18-13+. The fourth-order valence-electron chi connectivity index (χ4n) is 3.67. The van der Waals surface area contributed by atoms with Crippen LogP contribution in [0.4, 0.5) is 10.9 Å². The lowest BCUT2D eigenvalue weighted by Crippen LogP contribution is -2.13. The molecular formula is C26H34N8OS. The Kier molecular flexibility index (Phi) is 9.63. The number of aryl methyl sites for hydroxylation is 4. The molecule has 0 aromatic carbocycles. The van der Waals surface area contributed by atoms with Crippen molar-refractivity contribution in [2.45, 2.75) is 66.3 Å². The summed E-state index contributed by atoms with van der Waals surface area (Å²) in [6.45, 7) is 16.3. The van der Waals surface area contributed by atoms with Crippen molar-refractivity contribution in [3.63, 3.8) is 0 Å². The third kappa shape index (κ3) is 8.84. The van der Waals surface area contributed by atoms with Gasteiger partial charge in [0.2, 0.25) is 11.0 Å². The lowest BCUT2D eigenvalue weighted by molar-refractivity contribution is -0.115. The molecular weight excluding hydrogens is 472 g/mol. The van der Waals surface area contributed by atoms with Crippen LogP contribution in [0.1, 0.15) is 55.2 Å². The van der Waals surface area contributed by atoms with Crippen molar-refractivity contribution >= 4 is 28.2 Å². The molecule has 36 heavy (non-hydrogen) atoms. The molecule has 3 aromatic heterocycles. The molecule has 0 atom stereocenters. The predicted molar refractivity (Wildman–Crippen MR) is 145 cm³/mol. The number of rotatable bonds is 13. The molecule has 9 nitrogen and oxygen atoms in total. The zero-order valence-corrected chi connectivity index (χ0v) is 22.3. The van der Waals surface area contributed by atoms with Crippen LogP contribution < -0.4 is 10.6 Å². The Balaban J connectivity index is 1.37. The van der Waals surface area contributed by atoms with Crippen LogP contribution in [0.3, 0.4) is 0 Å². The summed E-state index contributed by atoms with van der Waals surface area (Å²) >= 11 is 1.54. The molecule has 0 aliphatic carbocycles. The van der Waals surface area contributed by atoms with Gasteiger partial charge in [-0.1, -0.05) is 41.7 Å². The minimum absolute atomic E-state index is 0.117. The summed E-state index contributed by atoms with van der Waals surface area (Å²) < 4.78 is 1.92. The minimum atomic E-state index is -0.117. The Hall–Kier alpha value is -3.66. The van der Waals surface area contributed by atoms with Gasteiger partial charge >= 0.3 is 0 Å². The van der Waals surface area contributed by atoms with Gasteiger partial charge in [0.15, 0.2) is 5.82 Å². The molecule has 0 spiro atoms.